The summed E-state index contributed by atoms with van der Waals surface area (Å²) >= 11 is 0. The van der Waals surface area contributed by atoms with E-state index in [1.54, 1.807) is 31.2 Å². The molecule has 1 heterocycles. The lowest BCUT2D eigenvalue weighted by Gasteiger charge is -2.20. The van der Waals surface area contributed by atoms with Gasteiger partial charge in [-0.3, -0.25) is 9.59 Å². The molecule has 6 heteroatoms. The highest BCUT2D eigenvalue weighted by Crippen LogP contribution is 2.15. The summed E-state index contributed by atoms with van der Waals surface area (Å²) in [7, 11) is 0. The second-order valence-corrected chi connectivity index (χ2v) is 4.81. The van der Waals surface area contributed by atoms with E-state index in [9.17, 15) is 9.59 Å². The molecule has 2 rings (SSSR count). The van der Waals surface area contributed by atoms with Gasteiger partial charge in [-0.1, -0.05) is 12.1 Å². The number of aryl methyl sites for hydroxylation is 1. The number of anilines is 1. The van der Waals surface area contributed by atoms with E-state index in [1.165, 1.54) is 11.2 Å². The van der Waals surface area contributed by atoms with Gasteiger partial charge in [0.15, 0.2) is 5.76 Å². The van der Waals surface area contributed by atoms with Gasteiger partial charge in [0.2, 0.25) is 5.91 Å². The van der Waals surface area contributed by atoms with Crippen molar-refractivity contribution in [2.45, 2.75) is 13.5 Å². The zero-order valence-electron chi connectivity index (χ0n) is 11.7. The average molecular weight is 287 g/mol. The molecule has 0 aliphatic heterocycles. The van der Waals surface area contributed by atoms with Gasteiger partial charge in [0.25, 0.3) is 5.91 Å². The quantitative estimate of drug-likeness (QED) is 0.809. The molecule has 0 aliphatic rings. The van der Waals surface area contributed by atoms with Crippen LogP contribution < -0.4 is 11.5 Å². The van der Waals surface area contributed by atoms with Crippen LogP contribution in [0.5, 0.6) is 0 Å². The first-order valence-electron chi connectivity index (χ1n) is 6.43. The predicted molar refractivity (Wildman–Crippen MR) is 78.2 cm³/mol. The Labute approximate surface area is 122 Å². The maximum absolute atomic E-state index is 12.4. The van der Waals surface area contributed by atoms with E-state index in [4.69, 9.17) is 15.9 Å². The molecule has 0 fully saturated rings. The average Bonchev–Trinajstić information content (AvgIpc) is 2.83. The number of nitrogens with zero attached hydrogens (tertiary/aromatic N) is 1. The Balaban J connectivity index is 2.24. The Bertz CT molecular complexity index is 664. The van der Waals surface area contributed by atoms with Crippen LogP contribution in [0.3, 0.4) is 0 Å². The molecule has 0 bridgehead atoms. The number of carbonyl (C=O) groups is 2. The van der Waals surface area contributed by atoms with Gasteiger partial charge in [-0.15, -0.1) is 0 Å². The summed E-state index contributed by atoms with van der Waals surface area (Å²) in [6.45, 7) is 1.81. The summed E-state index contributed by atoms with van der Waals surface area (Å²) in [6, 6.07) is 8.80. The number of primary amides is 1. The van der Waals surface area contributed by atoms with Crippen molar-refractivity contribution in [3.63, 3.8) is 0 Å². The molecule has 0 atom stereocenters. The monoisotopic (exact) mass is 287 g/mol. The number of hydrogen-bond donors (Lipinski definition) is 2. The number of amides is 2. The van der Waals surface area contributed by atoms with E-state index in [0.717, 1.165) is 5.56 Å². The summed E-state index contributed by atoms with van der Waals surface area (Å²) in [5.41, 5.74) is 13.0. The summed E-state index contributed by atoms with van der Waals surface area (Å²) < 4.78 is 5.18. The second kappa shape index (κ2) is 6.13. The van der Waals surface area contributed by atoms with Gasteiger partial charge < -0.3 is 20.8 Å². The molecule has 0 radical (unpaired) electrons. The van der Waals surface area contributed by atoms with Crippen LogP contribution >= 0.6 is 0 Å². The molecule has 0 spiro atoms. The maximum atomic E-state index is 12.4. The topological polar surface area (TPSA) is 103 Å². The lowest BCUT2D eigenvalue weighted by molar-refractivity contribution is -0.118. The van der Waals surface area contributed by atoms with Crippen LogP contribution in [0, 0.1) is 6.92 Å². The molecule has 0 aliphatic carbocycles. The number of nitrogens with two attached hydrogens (primary N) is 2. The normalized spacial score (nSPS) is 10.3. The highest BCUT2D eigenvalue weighted by Gasteiger charge is 2.22. The number of nitrogen functional groups attached to an aromatic ring is 1. The summed E-state index contributed by atoms with van der Waals surface area (Å²) in [5.74, 6) is -0.754. The largest absolute Gasteiger partial charge is 0.459 e. The Morgan fingerprint density at radius 2 is 2.05 bits per heavy atom. The van der Waals surface area contributed by atoms with Gasteiger partial charge in [-0.2, -0.15) is 0 Å². The van der Waals surface area contributed by atoms with Crippen molar-refractivity contribution in [1.82, 2.24) is 4.90 Å². The zero-order valence-corrected chi connectivity index (χ0v) is 11.7. The Morgan fingerprint density at radius 3 is 2.62 bits per heavy atom. The molecule has 21 heavy (non-hydrogen) atoms. The van der Waals surface area contributed by atoms with Gasteiger partial charge in [-0.25, -0.2) is 0 Å². The number of furan rings is 1. The molecule has 4 N–H and O–H groups in total. The standard InChI is InChI=1S/C15H17N3O3/c1-10-5-6-21-14(10)15(20)18(9-13(17)19)8-11-3-2-4-12(16)7-11/h2-7H,8-9,16H2,1H3,(H2,17,19). The first-order chi connectivity index (χ1) is 9.97. The Kier molecular flexibility index (Phi) is 4.27. The van der Waals surface area contributed by atoms with Crippen LogP contribution in [0.1, 0.15) is 21.7 Å². The van der Waals surface area contributed by atoms with E-state index in [1.807, 2.05) is 6.07 Å². The van der Waals surface area contributed by atoms with Crippen molar-refractivity contribution < 1.29 is 14.0 Å². The smallest absolute Gasteiger partial charge is 0.290 e. The maximum Gasteiger partial charge on any atom is 0.290 e. The molecular formula is C15H17N3O3. The number of hydrogen-bond acceptors (Lipinski definition) is 4. The van der Waals surface area contributed by atoms with E-state index in [2.05, 4.69) is 0 Å². The molecular weight excluding hydrogens is 270 g/mol. The highest BCUT2D eigenvalue weighted by atomic mass is 16.3. The molecule has 2 aromatic rings. The van der Waals surface area contributed by atoms with Crippen LogP contribution in [0.4, 0.5) is 5.69 Å². The minimum absolute atomic E-state index is 0.187. The van der Waals surface area contributed by atoms with Gasteiger partial charge in [0.1, 0.15) is 6.54 Å². The van der Waals surface area contributed by atoms with Crippen LogP contribution in [-0.4, -0.2) is 23.3 Å². The first kappa shape index (κ1) is 14.6. The summed E-state index contributed by atoms with van der Waals surface area (Å²) in [6.07, 6.45) is 1.44. The van der Waals surface area contributed by atoms with Gasteiger partial charge in [-0.05, 0) is 30.7 Å². The first-order valence-corrected chi connectivity index (χ1v) is 6.43. The van der Waals surface area contributed by atoms with Crippen molar-refractivity contribution in [3.05, 3.63) is 53.5 Å². The van der Waals surface area contributed by atoms with Crippen molar-refractivity contribution >= 4 is 17.5 Å². The van der Waals surface area contributed by atoms with Crippen molar-refractivity contribution in [2.75, 3.05) is 12.3 Å². The third-order valence-electron chi connectivity index (χ3n) is 3.01. The molecule has 0 saturated carbocycles. The summed E-state index contributed by atoms with van der Waals surface area (Å²) in [5, 5.41) is 0. The zero-order chi connectivity index (χ0) is 15.4. The van der Waals surface area contributed by atoms with Crippen molar-refractivity contribution in [3.8, 4) is 0 Å². The molecule has 1 aromatic carbocycles. The van der Waals surface area contributed by atoms with E-state index in [-0.39, 0.29) is 24.8 Å². The lowest BCUT2D eigenvalue weighted by atomic mass is 10.1. The summed E-state index contributed by atoms with van der Waals surface area (Å²) in [4.78, 5) is 25.0. The third-order valence-corrected chi connectivity index (χ3v) is 3.01. The molecule has 6 nitrogen and oxygen atoms in total. The van der Waals surface area contributed by atoms with Gasteiger partial charge >= 0.3 is 0 Å². The minimum atomic E-state index is -0.587. The van der Waals surface area contributed by atoms with Crippen molar-refractivity contribution in [1.29, 1.82) is 0 Å². The fourth-order valence-electron chi connectivity index (χ4n) is 2.03. The molecule has 0 saturated heterocycles. The van der Waals surface area contributed by atoms with Crippen LogP contribution in [0.25, 0.3) is 0 Å². The van der Waals surface area contributed by atoms with Crippen LogP contribution in [-0.2, 0) is 11.3 Å². The second-order valence-electron chi connectivity index (χ2n) is 4.81. The minimum Gasteiger partial charge on any atom is -0.459 e. The third kappa shape index (κ3) is 3.62. The molecule has 2 amide bonds. The van der Waals surface area contributed by atoms with Crippen LogP contribution in [0.2, 0.25) is 0 Å². The van der Waals surface area contributed by atoms with Crippen molar-refractivity contribution in [2.24, 2.45) is 5.73 Å². The number of benzene rings is 1. The fourth-order valence-corrected chi connectivity index (χ4v) is 2.03. The molecule has 1 aromatic heterocycles. The van der Waals surface area contributed by atoms with Gasteiger partial charge in [0.05, 0.1) is 6.26 Å². The van der Waals surface area contributed by atoms with Crippen LogP contribution in [0.15, 0.2) is 41.0 Å². The number of rotatable bonds is 5. The van der Waals surface area contributed by atoms with Gasteiger partial charge in [0, 0.05) is 17.8 Å². The highest BCUT2D eigenvalue weighted by molar-refractivity contribution is 5.95. The van der Waals surface area contributed by atoms with E-state index < -0.39 is 5.91 Å². The Morgan fingerprint density at radius 1 is 1.29 bits per heavy atom. The predicted octanol–water partition coefficient (Wildman–Crippen LogP) is 1.30. The fraction of sp³-hybridized carbons (Fsp3) is 0.200. The Hall–Kier alpha value is -2.76. The number of carbonyl (C=O) groups excluding carboxylic acids is 2. The lowest BCUT2D eigenvalue weighted by Crippen LogP contribution is -2.38. The van der Waals surface area contributed by atoms with E-state index in [0.29, 0.717) is 11.3 Å². The van der Waals surface area contributed by atoms with E-state index >= 15 is 0 Å². The molecule has 0 unspecified atom stereocenters. The SMILES string of the molecule is Cc1ccoc1C(=O)N(CC(N)=O)Cc1cccc(N)c1. The molecule has 110 valence electrons.